The first kappa shape index (κ1) is 14.2. The Kier molecular flexibility index (Phi) is 6.61. The molecule has 1 aliphatic heterocycles. The van der Waals surface area contributed by atoms with Gasteiger partial charge in [-0.2, -0.15) is 11.8 Å². The van der Waals surface area contributed by atoms with Crippen LogP contribution < -0.4 is 5.32 Å². The molecule has 0 aliphatic carbocycles. The summed E-state index contributed by atoms with van der Waals surface area (Å²) in [6.45, 7) is 4.75. The molecule has 1 aliphatic rings. The lowest BCUT2D eigenvalue weighted by Crippen LogP contribution is -2.45. The van der Waals surface area contributed by atoms with Crippen molar-refractivity contribution in [3.8, 4) is 0 Å². The highest BCUT2D eigenvalue weighted by Crippen LogP contribution is 2.12. The highest BCUT2D eigenvalue weighted by molar-refractivity contribution is 7.99. The zero-order chi connectivity index (χ0) is 12.0. The summed E-state index contributed by atoms with van der Waals surface area (Å²) >= 11 is 1.85. The maximum Gasteiger partial charge on any atom is 0.251 e. The third kappa shape index (κ3) is 5.46. The number of nitrogens with one attached hydrogen (secondary N) is 1. The van der Waals surface area contributed by atoms with E-state index in [4.69, 9.17) is 0 Å². The van der Waals surface area contributed by atoms with Crippen LogP contribution in [-0.2, 0) is 0 Å². The van der Waals surface area contributed by atoms with Gasteiger partial charge in [-0.15, -0.1) is 0 Å². The number of hydrogen-bond acceptors (Lipinski definition) is 3. The van der Waals surface area contributed by atoms with Crippen molar-refractivity contribution >= 4 is 11.8 Å². The summed E-state index contributed by atoms with van der Waals surface area (Å²) in [5.41, 5.74) is 0. The van der Waals surface area contributed by atoms with Crippen LogP contribution in [0.2, 0.25) is 0 Å². The van der Waals surface area contributed by atoms with Crippen LogP contribution >= 0.6 is 11.8 Å². The summed E-state index contributed by atoms with van der Waals surface area (Å²) in [5.74, 6) is 0. The van der Waals surface area contributed by atoms with E-state index in [1.807, 2.05) is 16.7 Å². The molecule has 2 nitrogen and oxygen atoms in total. The fraction of sp³-hybridized carbons (Fsp3) is 1.00. The van der Waals surface area contributed by atoms with Gasteiger partial charge >= 0.3 is 0 Å². The molecule has 0 radical (unpaired) electrons. The van der Waals surface area contributed by atoms with Crippen LogP contribution in [0, 0.1) is 0 Å². The molecule has 1 saturated heterocycles. The van der Waals surface area contributed by atoms with Crippen molar-refractivity contribution in [2.45, 2.75) is 37.5 Å². The van der Waals surface area contributed by atoms with Gasteiger partial charge in [0.15, 0.2) is 0 Å². The molecule has 1 heterocycles. The quantitative estimate of drug-likeness (QED) is 0.779. The van der Waals surface area contributed by atoms with Crippen molar-refractivity contribution in [1.82, 2.24) is 10.2 Å². The van der Waals surface area contributed by atoms with Gasteiger partial charge in [-0.3, -0.25) is 4.90 Å². The zero-order valence-corrected chi connectivity index (χ0v) is 10.9. The first-order chi connectivity index (χ1) is 7.61. The zero-order valence-electron chi connectivity index (χ0n) is 10.1. The second-order valence-electron chi connectivity index (χ2n) is 4.42. The molecule has 0 aromatic rings. The summed E-state index contributed by atoms with van der Waals surface area (Å²) in [7, 11) is 0. The van der Waals surface area contributed by atoms with Crippen molar-refractivity contribution in [3.05, 3.63) is 0 Å². The van der Waals surface area contributed by atoms with Gasteiger partial charge in [-0.1, -0.05) is 6.92 Å². The molecule has 1 rings (SSSR count). The maximum atomic E-state index is 12.2. The molecule has 1 N–H and O–H groups in total. The minimum absolute atomic E-state index is 0.0616. The smallest absolute Gasteiger partial charge is 0.251 e. The Labute approximate surface area is 101 Å². The normalized spacial score (nSPS) is 21.6. The first-order valence-corrected chi connectivity index (χ1v) is 7.17. The summed E-state index contributed by atoms with van der Waals surface area (Å²) in [6, 6.07) is 0.517. The number of rotatable bonds is 6. The topological polar surface area (TPSA) is 15.3 Å². The Bertz CT molecular complexity index is 185. The van der Waals surface area contributed by atoms with Gasteiger partial charge < -0.3 is 5.32 Å². The maximum absolute atomic E-state index is 12.2. The molecular formula is C11H22F2N2S. The molecule has 16 heavy (non-hydrogen) atoms. The fourth-order valence-electron chi connectivity index (χ4n) is 1.93. The summed E-state index contributed by atoms with van der Waals surface area (Å²) in [4.78, 5) is 1.86. The number of thioether (sulfide) groups is 1. The monoisotopic (exact) mass is 252 g/mol. The number of likely N-dealkylation sites (tertiary alicyclic amines) is 1. The van der Waals surface area contributed by atoms with Crippen molar-refractivity contribution in [2.75, 3.05) is 32.4 Å². The Morgan fingerprint density at radius 2 is 2.00 bits per heavy atom. The molecule has 1 unspecified atom stereocenters. The van der Waals surface area contributed by atoms with Gasteiger partial charge in [-0.25, -0.2) is 8.78 Å². The number of halogens is 2. The molecule has 0 amide bonds. The largest absolute Gasteiger partial charge is 0.313 e. The minimum Gasteiger partial charge on any atom is -0.313 e. The third-order valence-corrected chi connectivity index (χ3v) is 4.05. The van der Waals surface area contributed by atoms with Crippen molar-refractivity contribution in [2.24, 2.45) is 0 Å². The average Bonchev–Trinajstić information content (AvgIpc) is 2.27. The molecule has 96 valence electrons. The van der Waals surface area contributed by atoms with E-state index in [2.05, 4.69) is 18.5 Å². The fourth-order valence-corrected chi connectivity index (χ4v) is 2.19. The predicted octanol–water partition coefficient (Wildman–Crippen LogP) is 2.06. The Morgan fingerprint density at radius 1 is 1.38 bits per heavy atom. The number of piperidine rings is 1. The van der Waals surface area contributed by atoms with Crippen LogP contribution in [0.1, 0.15) is 19.8 Å². The van der Waals surface area contributed by atoms with Gasteiger partial charge in [0, 0.05) is 17.8 Å². The number of alkyl halides is 2. The Hall–Kier alpha value is 0.130. The third-order valence-electron chi connectivity index (χ3n) is 3.08. The van der Waals surface area contributed by atoms with Gasteiger partial charge in [0.2, 0.25) is 0 Å². The van der Waals surface area contributed by atoms with E-state index in [0.717, 1.165) is 32.5 Å². The highest BCUT2D eigenvalue weighted by atomic mass is 32.2. The number of nitrogens with zero attached hydrogens (tertiary/aromatic N) is 1. The first-order valence-electron chi connectivity index (χ1n) is 5.88. The van der Waals surface area contributed by atoms with E-state index in [1.165, 1.54) is 0 Å². The molecular weight excluding hydrogens is 230 g/mol. The standard InChI is InChI=1S/C11H22F2N2S/c1-9(16-2)7-14-10-3-5-15(6-4-10)8-11(12)13/h9-11,14H,3-8H2,1-2H3. The predicted molar refractivity (Wildman–Crippen MR) is 66.4 cm³/mol. The van der Waals surface area contributed by atoms with Crippen LogP contribution in [0.25, 0.3) is 0 Å². The van der Waals surface area contributed by atoms with Crippen LogP contribution in [0.15, 0.2) is 0 Å². The van der Waals surface area contributed by atoms with Crippen molar-refractivity contribution in [1.29, 1.82) is 0 Å². The van der Waals surface area contributed by atoms with Gasteiger partial charge in [0.05, 0.1) is 6.54 Å². The SMILES string of the molecule is CSC(C)CNC1CCN(CC(F)F)CC1. The molecule has 1 fully saturated rings. The van der Waals surface area contributed by atoms with E-state index in [1.54, 1.807) is 0 Å². The average molecular weight is 252 g/mol. The molecule has 0 aromatic heterocycles. The van der Waals surface area contributed by atoms with Gasteiger partial charge in [-0.05, 0) is 32.2 Å². The van der Waals surface area contributed by atoms with Crippen LogP contribution in [0.4, 0.5) is 8.78 Å². The highest BCUT2D eigenvalue weighted by Gasteiger charge is 2.21. The van der Waals surface area contributed by atoms with Crippen LogP contribution in [0.5, 0.6) is 0 Å². The summed E-state index contributed by atoms with van der Waals surface area (Å²) in [6.07, 6.45) is 1.90. The second kappa shape index (κ2) is 7.45. The van der Waals surface area contributed by atoms with Gasteiger partial charge in [0.1, 0.15) is 0 Å². The van der Waals surface area contributed by atoms with Crippen molar-refractivity contribution < 1.29 is 8.78 Å². The molecule has 5 heteroatoms. The van der Waals surface area contributed by atoms with Crippen molar-refractivity contribution in [3.63, 3.8) is 0 Å². The van der Waals surface area contributed by atoms with E-state index >= 15 is 0 Å². The van der Waals surface area contributed by atoms with Gasteiger partial charge in [0.25, 0.3) is 6.43 Å². The molecule has 0 spiro atoms. The lowest BCUT2D eigenvalue weighted by atomic mass is 10.1. The molecule has 0 saturated carbocycles. The lowest BCUT2D eigenvalue weighted by molar-refractivity contribution is 0.0732. The second-order valence-corrected chi connectivity index (χ2v) is 5.70. The Balaban J connectivity index is 2.12. The number of hydrogen-bond donors (Lipinski definition) is 1. The summed E-state index contributed by atoms with van der Waals surface area (Å²) < 4.78 is 24.3. The van der Waals surface area contributed by atoms with Crippen LogP contribution in [0.3, 0.4) is 0 Å². The molecule has 0 bridgehead atoms. The van der Waals surface area contributed by atoms with E-state index in [-0.39, 0.29) is 6.54 Å². The molecule has 0 aromatic carbocycles. The molecule has 1 atom stereocenters. The minimum atomic E-state index is -2.19. The van der Waals surface area contributed by atoms with E-state index in [9.17, 15) is 8.78 Å². The lowest BCUT2D eigenvalue weighted by Gasteiger charge is -2.32. The summed E-state index contributed by atoms with van der Waals surface area (Å²) in [5, 5.41) is 4.14. The Morgan fingerprint density at radius 3 is 2.50 bits per heavy atom. The van der Waals surface area contributed by atoms with Crippen LogP contribution in [-0.4, -0.2) is 55.1 Å². The van der Waals surface area contributed by atoms with E-state index in [0.29, 0.717) is 11.3 Å². The van der Waals surface area contributed by atoms with E-state index < -0.39 is 6.43 Å².